The zero-order chi connectivity index (χ0) is 14.9. The van der Waals surface area contributed by atoms with Crippen LogP contribution in [-0.4, -0.2) is 38.5 Å². The first kappa shape index (κ1) is 15.8. The van der Waals surface area contributed by atoms with Crippen molar-refractivity contribution in [2.45, 2.75) is 31.3 Å². The van der Waals surface area contributed by atoms with Gasteiger partial charge in [-0.2, -0.15) is 4.31 Å². The fourth-order valence-corrected chi connectivity index (χ4v) is 4.40. The molecule has 0 saturated carbocycles. The Balaban J connectivity index is 2.37. The van der Waals surface area contributed by atoms with Crippen molar-refractivity contribution in [3.63, 3.8) is 0 Å². The molecular formula is C13H19BrN2O3S. The normalized spacial score (nSPS) is 21.1. The Morgan fingerprint density at radius 1 is 1.50 bits per heavy atom. The lowest BCUT2D eigenvalue weighted by atomic mass is 10.2. The summed E-state index contributed by atoms with van der Waals surface area (Å²) in [6, 6.07) is 3.26. The maximum Gasteiger partial charge on any atom is 0.243 e. The van der Waals surface area contributed by atoms with Crippen LogP contribution in [0.15, 0.2) is 21.5 Å². The Kier molecular flexibility index (Phi) is 4.73. The van der Waals surface area contributed by atoms with Gasteiger partial charge in [-0.25, -0.2) is 8.42 Å². The van der Waals surface area contributed by atoms with Gasteiger partial charge in [0.15, 0.2) is 0 Å². The quantitative estimate of drug-likeness (QED) is 0.836. The van der Waals surface area contributed by atoms with E-state index in [2.05, 4.69) is 15.9 Å². The number of nitrogen functional groups attached to an aromatic ring is 1. The van der Waals surface area contributed by atoms with E-state index in [1.54, 1.807) is 13.0 Å². The number of aryl methyl sites for hydroxylation is 1. The van der Waals surface area contributed by atoms with Gasteiger partial charge in [0.25, 0.3) is 0 Å². The van der Waals surface area contributed by atoms with Crippen molar-refractivity contribution in [2.75, 3.05) is 25.4 Å². The van der Waals surface area contributed by atoms with Crippen LogP contribution in [0.5, 0.6) is 0 Å². The predicted octanol–water partition coefficient (Wildman–Crippen LogP) is 2.14. The van der Waals surface area contributed by atoms with Crippen molar-refractivity contribution in [3.8, 4) is 0 Å². The first-order valence-electron chi connectivity index (χ1n) is 6.53. The largest absolute Gasteiger partial charge is 0.398 e. The van der Waals surface area contributed by atoms with Crippen LogP contribution in [0.4, 0.5) is 5.69 Å². The number of halogens is 1. The Labute approximate surface area is 128 Å². The summed E-state index contributed by atoms with van der Waals surface area (Å²) in [5, 5.41) is 0. The second-order valence-electron chi connectivity index (χ2n) is 4.90. The van der Waals surface area contributed by atoms with E-state index in [-0.39, 0.29) is 11.0 Å². The van der Waals surface area contributed by atoms with Crippen LogP contribution in [0.3, 0.4) is 0 Å². The molecule has 1 aliphatic heterocycles. The molecule has 1 fully saturated rings. The number of morpholine rings is 1. The first-order valence-corrected chi connectivity index (χ1v) is 8.77. The Bertz CT molecular complexity index is 604. The molecule has 0 aromatic heterocycles. The third-order valence-electron chi connectivity index (χ3n) is 3.47. The summed E-state index contributed by atoms with van der Waals surface area (Å²) in [6.45, 7) is 4.98. The molecule has 1 heterocycles. The van der Waals surface area contributed by atoms with E-state index in [0.29, 0.717) is 35.4 Å². The molecule has 1 aromatic rings. The minimum Gasteiger partial charge on any atom is -0.398 e. The van der Waals surface area contributed by atoms with E-state index in [1.807, 2.05) is 6.92 Å². The van der Waals surface area contributed by atoms with E-state index in [9.17, 15) is 8.42 Å². The van der Waals surface area contributed by atoms with Gasteiger partial charge in [0.05, 0.1) is 17.6 Å². The lowest BCUT2D eigenvalue weighted by Gasteiger charge is -2.32. The number of ether oxygens (including phenoxy) is 1. The van der Waals surface area contributed by atoms with Gasteiger partial charge in [0.2, 0.25) is 10.0 Å². The van der Waals surface area contributed by atoms with Crippen LogP contribution in [0.1, 0.15) is 18.9 Å². The minimum atomic E-state index is -3.52. The molecule has 7 heteroatoms. The standard InChI is InChI=1S/C13H19BrN2O3S/c1-3-10-8-16(4-5-19-10)20(17,18)13-7-12(15)11(14)6-9(13)2/h6-7,10H,3-5,8,15H2,1-2H3. The molecule has 1 aromatic carbocycles. The van der Waals surface area contributed by atoms with Gasteiger partial charge in [-0.15, -0.1) is 0 Å². The average Bonchev–Trinajstić information content (AvgIpc) is 2.42. The second kappa shape index (κ2) is 6.01. The van der Waals surface area contributed by atoms with Gasteiger partial charge in [-0.05, 0) is 47.0 Å². The Hall–Kier alpha value is -0.630. The Morgan fingerprint density at radius 2 is 2.20 bits per heavy atom. The van der Waals surface area contributed by atoms with Crippen LogP contribution in [0.25, 0.3) is 0 Å². The lowest BCUT2D eigenvalue weighted by Crippen LogP contribution is -2.45. The van der Waals surface area contributed by atoms with Crippen LogP contribution in [-0.2, 0) is 14.8 Å². The Morgan fingerprint density at radius 3 is 2.85 bits per heavy atom. The number of sulfonamides is 1. The number of anilines is 1. The molecule has 0 spiro atoms. The van der Waals surface area contributed by atoms with E-state index in [1.165, 1.54) is 10.4 Å². The average molecular weight is 363 g/mol. The zero-order valence-corrected chi connectivity index (χ0v) is 14.0. The number of nitrogens with two attached hydrogens (primary N) is 1. The molecule has 1 atom stereocenters. The summed E-state index contributed by atoms with van der Waals surface area (Å²) < 4.78 is 33.2. The fourth-order valence-electron chi connectivity index (χ4n) is 2.24. The van der Waals surface area contributed by atoms with Gasteiger partial charge in [0, 0.05) is 23.2 Å². The molecule has 112 valence electrons. The topological polar surface area (TPSA) is 72.6 Å². The molecule has 0 radical (unpaired) electrons. The number of hydrogen-bond acceptors (Lipinski definition) is 4. The molecule has 0 aliphatic carbocycles. The maximum atomic E-state index is 12.7. The molecule has 1 unspecified atom stereocenters. The molecule has 5 nitrogen and oxygen atoms in total. The molecule has 20 heavy (non-hydrogen) atoms. The molecule has 0 bridgehead atoms. The highest BCUT2D eigenvalue weighted by Crippen LogP contribution is 2.29. The van der Waals surface area contributed by atoms with Crippen molar-refractivity contribution in [2.24, 2.45) is 0 Å². The van der Waals surface area contributed by atoms with Crippen molar-refractivity contribution in [1.82, 2.24) is 4.31 Å². The summed E-state index contributed by atoms with van der Waals surface area (Å²) in [5.74, 6) is 0. The van der Waals surface area contributed by atoms with Crippen molar-refractivity contribution in [3.05, 3.63) is 22.2 Å². The summed E-state index contributed by atoms with van der Waals surface area (Å²) >= 11 is 3.31. The van der Waals surface area contributed by atoms with Gasteiger partial charge in [0.1, 0.15) is 0 Å². The fraction of sp³-hybridized carbons (Fsp3) is 0.538. The third kappa shape index (κ3) is 3.00. The molecular weight excluding hydrogens is 344 g/mol. The molecule has 1 aliphatic rings. The summed E-state index contributed by atoms with van der Waals surface area (Å²) in [6.07, 6.45) is 0.764. The maximum absolute atomic E-state index is 12.7. The third-order valence-corrected chi connectivity index (χ3v) is 6.16. The van der Waals surface area contributed by atoms with Crippen LogP contribution < -0.4 is 5.73 Å². The number of rotatable bonds is 3. The smallest absolute Gasteiger partial charge is 0.243 e. The molecule has 2 rings (SSSR count). The number of hydrogen-bond donors (Lipinski definition) is 1. The first-order chi connectivity index (χ1) is 9.36. The van der Waals surface area contributed by atoms with Gasteiger partial charge in [-0.1, -0.05) is 6.92 Å². The number of nitrogens with zero attached hydrogens (tertiary/aromatic N) is 1. The highest BCUT2D eigenvalue weighted by atomic mass is 79.9. The van der Waals surface area contributed by atoms with E-state index in [4.69, 9.17) is 10.5 Å². The molecule has 1 saturated heterocycles. The highest BCUT2D eigenvalue weighted by molar-refractivity contribution is 9.10. The monoisotopic (exact) mass is 362 g/mol. The SMILES string of the molecule is CCC1CN(S(=O)(=O)c2cc(N)c(Br)cc2C)CCO1. The molecule has 0 amide bonds. The van der Waals surface area contributed by atoms with Crippen molar-refractivity contribution >= 4 is 31.6 Å². The number of benzene rings is 1. The molecule has 2 N–H and O–H groups in total. The minimum absolute atomic E-state index is 0.0355. The van der Waals surface area contributed by atoms with Gasteiger partial charge < -0.3 is 10.5 Å². The van der Waals surface area contributed by atoms with Crippen LogP contribution >= 0.6 is 15.9 Å². The predicted molar refractivity (Wildman–Crippen MR) is 82.1 cm³/mol. The second-order valence-corrected chi connectivity index (χ2v) is 7.66. The van der Waals surface area contributed by atoms with Gasteiger partial charge in [-0.3, -0.25) is 0 Å². The summed E-state index contributed by atoms with van der Waals surface area (Å²) in [7, 11) is -3.52. The van der Waals surface area contributed by atoms with Crippen LogP contribution in [0.2, 0.25) is 0 Å². The highest BCUT2D eigenvalue weighted by Gasteiger charge is 2.31. The lowest BCUT2D eigenvalue weighted by molar-refractivity contribution is -0.00278. The zero-order valence-electron chi connectivity index (χ0n) is 11.6. The van der Waals surface area contributed by atoms with E-state index >= 15 is 0 Å². The summed E-state index contributed by atoms with van der Waals surface area (Å²) in [4.78, 5) is 0.273. The van der Waals surface area contributed by atoms with E-state index in [0.717, 1.165) is 6.42 Å². The van der Waals surface area contributed by atoms with E-state index < -0.39 is 10.0 Å². The summed E-state index contributed by atoms with van der Waals surface area (Å²) in [5.41, 5.74) is 6.93. The van der Waals surface area contributed by atoms with Crippen LogP contribution in [0, 0.1) is 6.92 Å². The van der Waals surface area contributed by atoms with Crippen molar-refractivity contribution in [1.29, 1.82) is 0 Å². The van der Waals surface area contributed by atoms with Crippen molar-refractivity contribution < 1.29 is 13.2 Å². The van der Waals surface area contributed by atoms with Gasteiger partial charge >= 0.3 is 0 Å².